The number of sulfone groups is 1. The predicted molar refractivity (Wildman–Crippen MR) is 118 cm³/mol. The van der Waals surface area contributed by atoms with Crippen molar-refractivity contribution in [3.63, 3.8) is 0 Å². The summed E-state index contributed by atoms with van der Waals surface area (Å²) in [6.07, 6.45) is 3.24. The number of rotatable bonds is 5. The van der Waals surface area contributed by atoms with Crippen molar-refractivity contribution in [1.29, 1.82) is 0 Å². The molecule has 0 spiro atoms. The molecule has 0 bridgehead atoms. The van der Waals surface area contributed by atoms with Crippen LogP contribution in [-0.4, -0.2) is 29.1 Å². The second kappa shape index (κ2) is 8.14. The molecule has 1 aliphatic carbocycles. The summed E-state index contributed by atoms with van der Waals surface area (Å²) in [5.41, 5.74) is 0.0547. The number of benzene rings is 2. The Morgan fingerprint density at radius 3 is 2.42 bits per heavy atom. The molecule has 1 heterocycles. The maximum Gasteiger partial charge on any atom is 0.328 e. The van der Waals surface area contributed by atoms with E-state index in [4.69, 9.17) is 0 Å². The summed E-state index contributed by atoms with van der Waals surface area (Å²) in [6.45, 7) is 1.95. The molecule has 8 nitrogen and oxygen atoms in total. The van der Waals surface area contributed by atoms with E-state index in [2.05, 4.69) is 10.3 Å². The minimum absolute atomic E-state index is 0.249. The standard InChI is InChI=1S/C22H23N3O5S/c1-2-25-21(27)18-12-7-14(13-19(18)24-22(25)28)20(26)23-15-8-10-17(11-9-15)31(29,30)16-5-3-4-6-16/h7-13,16H,2-6H2,1H3,(H,23,26)(H,24,28). The van der Waals surface area contributed by atoms with Crippen molar-refractivity contribution in [2.75, 3.05) is 5.32 Å². The second-order valence-electron chi connectivity index (χ2n) is 7.67. The fraction of sp³-hybridized carbons (Fsp3) is 0.318. The molecule has 0 saturated heterocycles. The first-order chi connectivity index (χ1) is 14.8. The topological polar surface area (TPSA) is 118 Å². The summed E-state index contributed by atoms with van der Waals surface area (Å²) in [5.74, 6) is -0.436. The van der Waals surface area contributed by atoms with Gasteiger partial charge in [-0.1, -0.05) is 12.8 Å². The van der Waals surface area contributed by atoms with Gasteiger partial charge in [-0.3, -0.25) is 14.2 Å². The molecule has 162 valence electrons. The second-order valence-corrected chi connectivity index (χ2v) is 9.90. The number of nitrogens with one attached hydrogen (secondary N) is 2. The maximum absolute atomic E-state index is 12.7. The lowest BCUT2D eigenvalue weighted by molar-refractivity contribution is 0.102. The van der Waals surface area contributed by atoms with Crippen molar-refractivity contribution < 1.29 is 13.2 Å². The molecule has 9 heteroatoms. The van der Waals surface area contributed by atoms with Crippen LogP contribution in [-0.2, 0) is 16.4 Å². The molecule has 1 fully saturated rings. The molecule has 1 amide bonds. The van der Waals surface area contributed by atoms with Crippen LogP contribution in [0.5, 0.6) is 0 Å². The lowest BCUT2D eigenvalue weighted by Gasteiger charge is -2.12. The molecule has 31 heavy (non-hydrogen) atoms. The number of amides is 1. The summed E-state index contributed by atoms with van der Waals surface area (Å²) in [5, 5.41) is 2.70. The molecule has 3 aromatic rings. The molecular weight excluding hydrogens is 418 g/mol. The van der Waals surface area contributed by atoms with Crippen LogP contribution in [0.2, 0.25) is 0 Å². The van der Waals surface area contributed by atoms with Gasteiger partial charge in [0.2, 0.25) is 0 Å². The third-order valence-electron chi connectivity index (χ3n) is 5.74. The Morgan fingerprint density at radius 1 is 1.10 bits per heavy atom. The molecule has 1 aliphatic rings. The fourth-order valence-electron chi connectivity index (χ4n) is 4.01. The van der Waals surface area contributed by atoms with Gasteiger partial charge >= 0.3 is 5.69 Å². The molecule has 0 unspecified atom stereocenters. The largest absolute Gasteiger partial charge is 0.328 e. The normalized spacial score (nSPS) is 14.7. The average molecular weight is 442 g/mol. The molecular formula is C22H23N3O5S. The van der Waals surface area contributed by atoms with Crippen LogP contribution in [0.1, 0.15) is 43.0 Å². The van der Waals surface area contributed by atoms with Gasteiger partial charge in [-0.25, -0.2) is 13.2 Å². The summed E-state index contributed by atoms with van der Waals surface area (Å²) in [7, 11) is -3.35. The number of hydrogen-bond donors (Lipinski definition) is 2. The zero-order valence-corrected chi connectivity index (χ0v) is 17.9. The van der Waals surface area contributed by atoms with Crippen molar-refractivity contribution in [2.45, 2.75) is 49.3 Å². The van der Waals surface area contributed by atoms with E-state index in [-0.39, 0.29) is 27.8 Å². The first-order valence-corrected chi connectivity index (χ1v) is 11.8. The quantitative estimate of drug-likeness (QED) is 0.631. The van der Waals surface area contributed by atoms with Crippen LogP contribution >= 0.6 is 0 Å². The zero-order chi connectivity index (χ0) is 22.2. The number of carbonyl (C=O) groups is 1. The van der Waals surface area contributed by atoms with E-state index >= 15 is 0 Å². The maximum atomic E-state index is 12.7. The summed E-state index contributed by atoms with van der Waals surface area (Å²) >= 11 is 0. The van der Waals surface area contributed by atoms with E-state index in [0.29, 0.717) is 23.9 Å². The van der Waals surface area contributed by atoms with E-state index in [9.17, 15) is 22.8 Å². The Bertz CT molecular complexity index is 1370. The van der Waals surface area contributed by atoms with Gasteiger partial charge in [0.05, 0.1) is 21.0 Å². The van der Waals surface area contributed by atoms with Crippen LogP contribution in [0.3, 0.4) is 0 Å². The molecule has 1 aromatic heterocycles. The Morgan fingerprint density at radius 2 is 1.77 bits per heavy atom. The number of aromatic amines is 1. The fourth-order valence-corrected chi connectivity index (χ4v) is 5.86. The molecule has 0 radical (unpaired) electrons. The van der Waals surface area contributed by atoms with Crippen molar-refractivity contribution in [1.82, 2.24) is 9.55 Å². The van der Waals surface area contributed by atoms with Gasteiger partial charge in [-0.2, -0.15) is 0 Å². The Kier molecular flexibility index (Phi) is 5.53. The van der Waals surface area contributed by atoms with Crippen molar-refractivity contribution in [2.24, 2.45) is 0 Å². The highest BCUT2D eigenvalue weighted by molar-refractivity contribution is 7.92. The molecule has 1 saturated carbocycles. The molecule has 2 N–H and O–H groups in total. The molecule has 0 atom stereocenters. The van der Waals surface area contributed by atoms with Gasteiger partial charge in [0.15, 0.2) is 9.84 Å². The highest BCUT2D eigenvalue weighted by Gasteiger charge is 2.30. The highest BCUT2D eigenvalue weighted by atomic mass is 32.2. The van der Waals surface area contributed by atoms with E-state index in [1.54, 1.807) is 19.1 Å². The average Bonchev–Trinajstić information content (AvgIpc) is 3.30. The first-order valence-electron chi connectivity index (χ1n) is 10.2. The van der Waals surface area contributed by atoms with Crippen LogP contribution in [0.15, 0.2) is 56.9 Å². The SMILES string of the molecule is CCn1c(=O)[nH]c2cc(C(=O)Nc3ccc(S(=O)(=O)C4CCCC4)cc3)ccc2c1=O. The summed E-state index contributed by atoms with van der Waals surface area (Å²) in [6, 6.07) is 10.6. The van der Waals surface area contributed by atoms with Gasteiger partial charge in [0, 0.05) is 17.8 Å². The lowest BCUT2D eigenvalue weighted by Crippen LogP contribution is -2.34. The molecule has 2 aromatic carbocycles. The zero-order valence-electron chi connectivity index (χ0n) is 17.1. The monoisotopic (exact) mass is 441 g/mol. The Labute approximate surface area is 178 Å². The third-order valence-corrected chi connectivity index (χ3v) is 8.02. The van der Waals surface area contributed by atoms with Crippen LogP contribution in [0.25, 0.3) is 10.9 Å². The minimum atomic E-state index is -3.35. The van der Waals surface area contributed by atoms with Gasteiger partial charge in [-0.05, 0) is 62.2 Å². The number of H-pyrrole nitrogens is 1. The smallest absolute Gasteiger partial charge is 0.322 e. The summed E-state index contributed by atoms with van der Waals surface area (Å²) in [4.78, 5) is 39.9. The minimum Gasteiger partial charge on any atom is -0.322 e. The Hall–Kier alpha value is -3.20. The van der Waals surface area contributed by atoms with Gasteiger partial charge in [0.1, 0.15) is 0 Å². The highest BCUT2D eigenvalue weighted by Crippen LogP contribution is 2.30. The number of nitrogens with zero attached hydrogens (tertiary/aromatic N) is 1. The van der Waals surface area contributed by atoms with E-state index in [0.717, 1.165) is 17.4 Å². The van der Waals surface area contributed by atoms with E-state index < -0.39 is 27.0 Å². The third kappa shape index (κ3) is 3.93. The van der Waals surface area contributed by atoms with Crippen LogP contribution in [0.4, 0.5) is 5.69 Å². The number of hydrogen-bond acceptors (Lipinski definition) is 5. The number of fused-ring (bicyclic) bond motifs is 1. The van der Waals surface area contributed by atoms with Crippen molar-refractivity contribution in [3.05, 3.63) is 68.9 Å². The van der Waals surface area contributed by atoms with Gasteiger partial charge in [0.25, 0.3) is 11.5 Å². The van der Waals surface area contributed by atoms with E-state index in [1.165, 1.54) is 30.3 Å². The molecule has 0 aliphatic heterocycles. The van der Waals surface area contributed by atoms with Crippen LogP contribution in [0, 0.1) is 0 Å². The predicted octanol–water partition coefficient (Wildman–Crippen LogP) is 2.68. The first kappa shape index (κ1) is 21.0. The molecule has 4 rings (SSSR count). The van der Waals surface area contributed by atoms with Gasteiger partial charge < -0.3 is 10.3 Å². The number of anilines is 1. The summed E-state index contributed by atoms with van der Waals surface area (Å²) < 4.78 is 26.4. The Balaban J connectivity index is 1.56. The van der Waals surface area contributed by atoms with Crippen molar-refractivity contribution in [3.8, 4) is 0 Å². The number of aromatic nitrogens is 2. The number of carbonyl (C=O) groups excluding carboxylic acids is 1. The van der Waals surface area contributed by atoms with Crippen molar-refractivity contribution >= 4 is 32.3 Å². The van der Waals surface area contributed by atoms with Gasteiger partial charge in [-0.15, -0.1) is 0 Å². The van der Waals surface area contributed by atoms with E-state index in [1.807, 2.05) is 0 Å². The van der Waals surface area contributed by atoms with Crippen LogP contribution < -0.4 is 16.6 Å². The lowest BCUT2D eigenvalue weighted by atomic mass is 10.1.